The van der Waals surface area contributed by atoms with E-state index in [1.165, 1.54) is 5.56 Å². The highest BCUT2D eigenvalue weighted by Gasteiger charge is 2.44. The first-order valence-corrected chi connectivity index (χ1v) is 11.1. The molecule has 0 atom stereocenters. The molecular weight excluding hydrogens is 414 g/mol. The van der Waals surface area contributed by atoms with Gasteiger partial charge in [0.15, 0.2) is 0 Å². The van der Waals surface area contributed by atoms with E-state index in [0.717, 1.165) is 55.2 Å². The Kier molecular flexibility index (Phi) is 6.17. The molecule has 2 aliphatic heterocycles. The van der Waals surface area contributed by atoms with Crippen LogP contribution in [-0.4, -0.2) is 37.1 Å². The van der Waals surface area contributed by atoms with Crippen molar-refractivity contribution in [2.75, 3.05) is 26.3 Å². The zero-order valence-electron chi connectivity index (χ0n) is 16.3. The zero-order chi connectivity index (χ0) is 19.4. The molecule has 0 aliphatic carbocycles. The number of amides is 1. The maximum absolute atomic E-state index is 13.7. The SMILES string of the molecule is O=C(N1CCC(Cc2ccccc2)CC1)C1(c2ccc(Br)cc2)CCOCC1. The first-order chi connectivity index (χ1) is 13.7. The molecule has 0 aromatic heterocycles. The summed E-state index contributed by atoms with van der Waals surface area (Å²) in [5.74, 6) is 0.973. The van der Waals surface area contributed by atoms with Crippen LogP contribution in [0.1, 0.15) is 36.8 Å². The third-order valence-corrected chi connectivity index (χ3v) is 6.95. The fraction of sp³-hybridized carbons (Fsp3) is 0.458. The van der Waals surface area contributed by atoms with Gasteiger partial charge in [0.2, 0.25) is 5.91 Å². The number of rotatable bonds is 4. The number of carbonyl (C=O) groups excluding carboxylic acids is 1. The molecule has 0 radical (unpaired) electrons. The van der Waals surface area contributed by atoms with Crippen LogP contribution in [0.25, 0.3) is 0 Å². The lowest BCUT2D eigenvalue weighted by molar-refractivity contribution is -0.142. The molecule has 2 aromatic rings. The smallest absolute Gasteiger partial charge is 0.233 e. The van der Waals surface area contributed by atoms with Crippen molar-refractivity contribution in [1.29, 1.82) is 0 Å². The van der Waals surface area contributed by atoms with Gasteiger partial charge in [-0.05, 0) is 61.3 Å². The topological polar surface area (TPSA) is 29.5 Å². The van der Waals surface area contributed by atoms with E-state index in [0.29, 0.717) is 25.0 Å². The molecule has 1 amide bonds. The lowest BCUT2D eigenvalue weighted by Gasteiger charge is -2.42. The molecule has 4 rings (SSSR count). The van der Waals surface area contributed by atoms with Crippen LogP contribution < -0.4 is 0 Å². The van der Waals surface area contributed by atoms with E-state index in [9.17, 15) is 4.79 Å². The molecule has 0 unspecified atom stereocenters. The summed E-state index contributed by atoms with van der Waals surface area (Å²) in [5.41, 5.74) is 2.11. The minimum atomic E-state index is -0.425. The van der Waals surface area contributed by atoms with E-state index in [2.05, 4.69) is 63.3 Å². The number of likely N-dealkylation sites (tertiary alicyclic amines) is 1. The first kappa shape index (κ1) is 19.7. The summed E-state index contributed by atoms with van der Waals surface area (Å²) in [6.45, 7) is 3.06. The van der Waals surface area contributed by atoms with Crippen LogP contribution in [0.15, 0.2) is 59.1 Å². The first-order valence-electron chi connectivity index (χ1n) is 10.3. The fourth-order valence-corrected chi connectivity index (χ4v) is 4.97. The molecule has 2 aromatic carbocycles. The summed E-state index contributed by atoms with van der Waals surface area (Å²) in [7, 11) is 0. The van der Waals surface area contributed by atoms with Crippen LogP contribution >= 0.6 is 15.9 Å². The van der Waals surface area contributed by atoms with Crippen molar-refractivity contribution in [3.05, 3.63) is 70.2 Å². The number of benzene rings is 2. The third kappa shape index (κ3) is 4.18. The summed E-state index contributed by atoms with van der Waals surface area (Å²) in [6.07, 6.45) is 4.85. The third-order valence-electron chi connectivity index (χ3n) is 6.42. The maximum Gasteiger partial charge on any atom is 0.233 e. The van der Waals surface area contributed by atoms with Crippen LogP contribution in [0.4, 0.5) is 0 Å². The highest BCUT2D eigenvalue weighted by molar-refractivity contribution is 9.10. The molecule has 0 N–H and O–H groups in total. The summed E-state index contributed by atoms with van der Waals surface area (Å²) >= 11 is 3.51. The highest BCUT2D eigenvalue weighted by atomic mass is 79.9. The molecular formula is C24H28BrNO2. The van der Waals surface area contributed by atoms with E-state index in [1.807, 2.05) is 12.1 Å². The lowest BCUT2D eigenvalue weighted by Crippen LogP contribution is -2.52. The summed E-state index contributed by atoms with van der Waals surface area (Å²) in [4.78, 5) is 15.8. The van der Waals surface area contributed by atoms with E-state index in [1.54, 1.807) is 0 Å². The Bertz CT molecular complexity index is 776. The van der Waals surface area contributed by atoms with Crippen LogP contribution in [0.3, 0.4) is 0 Å². The van der Waals surface area contributed by atoms with Crippen LogP contribution in [0.2, 0.25) is 0 Å². The Balaban J connectivity index is 1.45. The van der Waals surface area contributed by atoms with Crippen molar-refractivity contribution in [3.8, 4) is 0 Å². The molecule has 2 heterocycles. The van der Waals surface area contributed by atoms with Crippen molar-refractivity contribution in [2.24, 2.45) is 5.92 Å². The average molecular weight is 442 g/mol. The minimum absolute atomic E-state index is 0.302. The molecule has 2 aliphatic rings. The van der Waals surface area contributed by atoms with Gasteiger partial charge in [0, 0.05) is 30.8 Å². The van der Waals surface area contributed by atoms with Crippen LogP contribution in [0.5, 0.6) is 0 Å². The van der Waals surface area contributed by atoms with Gasteiger partial charge < -0.3 is 9.64 Å². The Morgan fingerprint density at radius 1 is 1.00 bits per heavy atom. The van der Waals surface area contributed by atoms with Gasteiger partial charge in [-0.2, -0.15) is 0 Å². The van der Waals surface area contributed by atoms with Crippen molar-refractivity contribution in [3.63, 3.8) is 0 Å². The van der Waals surface area contributed by atoms with E-state index >= 15 is 0 Å². The molecule has 148 valence electrons. The Morgan fingerprint density at radius 3 is 2.29 bits per heavy atom. The van der Waals surface area contributed by atoms with Gasteiger partial charge in [-0.3, -0.25) is 4.79 Å². The average Bonchev–Trinajstić information content (AvgIpc) is 2.75. The van der Waals surface area contributed by atoms with Crippen LogP contribution in [-0.2, 0) is 21.4 Å². The molecule has 0 saturated carbocycles. The van der Waals surface area contributed by atoms with Gasteiger partial charge >= 0.3 is 0 Å². The van der Waals surface area contributed by atoms with E-state index < -0.39 is 5.41 Å². The largest absolute Gasteiger partial charge is 0.381 e. The second-order valence-corrected chi connectivity index (χ2v) is 9.04. The van der Waals surface area contributed by atoms with Crippen LogP contribution in [0, 0.1) is 5.92 Å². The van der Waals surface area contributed by atoms with Gasteiger partial charge in [-0.1, -0.05) is 58.4 Å². The van der Waals surface area contributed by atoms with E-state index in [-0.39, 0.29) is 0 Å². The summed E-state index contributed by atoms with van der Waals surface area (Å²) < 4.78 is 6.66. The molecule has 2 fully saturated rings. The minimum Gasteiger partial charge on any atom is -0.381 e. The molecule has 0 bridgehead atoms. The molecule has 0 spiro atoms. The second-order valence-electron chi connectivity index (χ2n) is 8.13. The van der Waals surface area contributed by atoms with Crippen molar-refractivity contribution < 1.29 is 9.53 Å². The number of piperidine rings is 1. The van der Waals surface area contributed by atoms with Gasteiger partial charge in [0.1, 0.15) is 0 Å². The number of nitrogens with zero attached hydrogens (tertiary/aromatic N) is 1. The molecule has 4 heteroatoms. The molecule has 2 saturated heterocycles. The second kappa shape index (κ2) is 8.79. The Hall–Kier alpha value is -1.65. The summed E-state index contributed by atoms with van der Waals surface area (Å²) in [5, 5.41) is 0. The van der Waals surface area contributed by atoms with Crippen molar-refractivity contribution in [2.45, 2.75) is 37.5 Å². The van der Waals surface area contributed by atoms with Crippen molar-refractivity contribution in [1.82, 2.24) is 4.90 Å². The quantitative estimate of drug-likeness (QED) is 0.669. The highest BCUT2D eigenvalue weighted by Crippen LogP contribution is 2.38. The predicted molar refractivity (Wildman–Crippen MR) is 115 cm³/mol. The number of halogens is 1. The van der Waals surface area contributed by atoms with Gasteiger partial charge in [-0.15, -0.1) is 0 Å². The maximum atomic E-state index is 13.7. The number of carbonyl (C=O) groups is 1. The van der Waals surface area contributed by atoms with E-state index in [4.69, 9.17) is 4.74 Å². The molecule has 28 heavy (non-hydrogen) atoms. The van der Waals surface area contributed by atoms with Gasteiger partial charge in [0.25, 0.3) is 0 Å². The number of hydrogen-bond donors (Lipinski definition) is 0. The van der Waals surface area contributed by atoms with Gasteiger partial charge in [-0.25, -0.2) is 0 Å². The standard InChI is InChI=1S/C24H28BrNO2/c25-22-8-6-21(7-9-22)24(12-16-28-17-13-24)23(27)26-14-10-20(11-15-26)18-19-4-2-1-3-5-19/h1-9,20H,10-18H2. The zero-order valence-corrected chi connectivity index (χ0v) is 17.9. The van der Waals surface area contributed by atoms with Crippen molar-refractivity contribution >= 4 is 21.8 Å². The summed E-state index contributed by atoms with van der Waals surface area (Å²) in [6, 6.07) is 19.0. The predicted octanol–water partition coefficient (Wildman–Crippen LogP) is 4.98. The number of ether oxygens (including phenoxy) is 1. The normalized spacial score (nSPS) is 20.1. The lowest BCUT2D eigenvalue weighted by atomic mass is 9.72. The Morgan fingerprint density at radius 2 is 1.64 bits per heavy atom. The number of hydrogen-bond acceptors (Lipinski definition) is 2. The fourth-order valence-electron chi connectivity index (χ4n) is 4.71. The van der Waals surface area contributed by atoms with Gasteiger partial charge in [0.05, 0.1) is 5.41 Å². The monoisotopic (exact) mass is 441 g/mol. The molecule has 3 nitrogen and oxygen atoms in total. The Labute approximate surface area is 176 Å².